The van der Waals surface area contributed by atoms with Crippen LogP contribution in [0.4, 0.5) is 0 Å². The van der Waals surface area contributed by atoms with Crippen molar-refractivity contribution in [3.05, 3.63) is 35.4 Å². The number of hydrogen-bond acceptors (Lipinski definition) is 2. The van der Waals surface area contributed by atoms with Gasteiger partial charge in [-0.15, -0.1) is 0 Å². The summed E-state index contributed by atoms with van der Waals surface area (Å²) in [7, 11) is 1.45. The Morgan fingerprint density at radius 1 is 1.22 bits per heavy atom. The van der Waals surface area contributed by atoms with E-state index in [1.54, 1.807) is 0 Å². The van der Waals surface area contributed by atoms with Crippen LogP contribution in [-0.4, -0.2) is 13.1 Å². The van der Waals surface area contributed by atoms with Crippen LogP contribution >= 0.6 is 0 Å². The zero-order chi connectivity index (χ0) is 13.8. The third-order valence-electron chi connectivity index (χ3n) is 3.24. The molecule has 1 aromatic carbocycles. The molecule has 0 heterocycles. The third-order valence-corrected chi connectivity index (χ3v) is 3.24. The Morgan fingerprint density at radius 2 is 1.78 bits per heavy atom. The van der Waals surface area contributed by atoms with E-state index >= 15 is 0 Å². The zero-order valence-corrected chi connectivity index (χ0v) is 12.1. The summed E-state index contributed by atoms with van der Waals surface area (Å²) in [5.74, 6) is -0.269. The quantitative estimate of drug-likeness (QED) is 0.752. The van der Waals surface area contributed by atoms with Gasteiger partial charge >= 0.3 is 5.97 Å². The van der Waals surface area contributed by atoms with Gasteiger partial charge in [0, 0.05) is 0 Å². The molecule has 0 fully saturated rings. The largest absolute Gasteiger partial charge is 0.469 e. The molecule has 2 nitrogen and oxygen atoms in total. The number of benzene rings is 1. The molecule has 1 rings (SSSR count). The van der Waals surface area contributed by atoms with Crippen molar-refractivity contribution >= 4 is 5.97 Å². The van der Waals surface area contributed by atoms with Gasteiger partial charge in [-0.25, -0.2) is 0 Å². The monoisotopic (exact) mass is 248 g/mol. The number of hydrogen-bond donors (Lipinski definition) is 0. The summed E-state index contributed by atoms with van der Waals surface area (Å²) in [6, 6.07) is 8.33. The fourth-order valence-electron chi connectivity index (χ4n) is 2.07. The number of carbonyl (C=O) groups is 1. The van der Waals surface area contributed by atoms with Crippen LogP contribution in [0.25, 0.3) is 0 Å². The van der Waals surface area contributed by atoms with E-state index in [1.165, 1.54) is 12.7 Å². The lowest BCUT2D eigenvalue weighted by molar-refractivity contribution is -0.142. The minimum atomic E-state index is -0.139. The Hall–Kier alpha value is -1.31. The first-order valence-electron chi connectivity index (χ1n) is 6.58. The Balaban J connectivity index is 2.97. The minimum absolute atomic E-state index is 0.131. The van der Waals surface area contributed by atoms with E-state index in [2.05, 4.69) is 52.0 Å². The summed E-state index contributed by atoms with van der Waals surface area (Å²) >= 11 is 0. The fraction of sp³-hybridized carbons (Fsp3) is 0.562. The molecular formula is C16H24O2. The number of esters is 1. The number of rotatable bonds is 4. The molecule has 0 aliphatic heterocycles. The molecule has 0 aliphatic rings. The molecule has 0 aliphatic carbocycles. The van der Waals surface area contributed by atoms with Crippen molar-refractivity contribution in [2.45, 2.75) is 51.9 Å². The molecule has 0 unspecified atom stereocenters. The molecule has 0 aromatic heterocycles. The van der Waals surface area contributed by atoms with E-state index in [0.717, 1.165) is 18.4 Å². The van der Waals surface area contributed by atoms with Gasteiger partial charge in [-0.05, 0) is 23.0 Å². The Labute approximate surface area is 110 Å². The average molecular weight is 248 g/mol. The van der Waals surface area contributed by atoms with Gasteiger partial charge in [0.25, 0.3) is 0 Å². The minimum Gasteiger partial charge on any atom is -0.469 e. The van der Waals surface area contributed by atoms with Gasteiger partial charge in [0.05, 0.1) is 13.0 Å². The number of ether oxygens (including phenoxy) is 1. The lowest BCUT2D eigenvalue weighted by Crippen LogP contribution is -2.15. The van der Waals surface area contributed by atoms with Crippen molar-refractivity contribution in [2.24, 2.45) is 0 Å². The van der Waals surface area contributed by atoms with Crippen LogP contribution in [0.3, 0.4) is 0 Å². The Bertz CT molecular complexity index is 385. The van der Waals surface area contributed by atoms with Crippen LogP contribution in [-0.2, 0) is 14.9 Å². The van der Waals surface area contributed by atoms with Crippen LogP contribution in [0.2, 0.25) is 0 Å². The highest BCUT2D eigenvalue weighted by molar-refractivity contribution is 5.78. The highest BCUT2D eigenvalue weighted by Crippen LogP contribution is 2.27. The second-order valence-corrected chi connectivity index (χ2v) is 5.74. The van der Waals surface area contributed by atoms with Crippen molar-refractivity contribution in [2.75, 3.05) is 7.11 Å². The van der Waals surface area contributed by atoms with Gasteiger partial charge < -0.3 is 4.74 Å². The van der Waals surface area contributed by atoms with E-state index in [-0.39, 0.29) is 17.3 Å². The molecule has 0 N–H and O–H groups in total. The topological polar surface area (TPSA) is 26.3 Å². The molecule has 18 heavy (non-hydrogen) atoms. The van der Waals surface area contributed by atoms with Gasteiger partial charge in [-0.3, -0.25) is 4.79 Å². The van der Waals surface area contributed by atoms with Crippen LogP contribution in [0, 0.1) is 0 Å². The molecule has 0 saturated heterocycles. The van der Waals surface area contributed by atoms with Crippen molar-refractivity contribution in [3.8, 4) is 0 Å². The second kappa shape index (κ2) is 6.03. The Kier molecular flexibility index (Phi) is 4.94. The van der Waals surface area contributed by atoms with Crippen LogP contribution in [0.1, 0.15) is 57.6 Å². The SMILES string of the molecule is CCC[C@H](C(=O)OC)c1ccc(C(C)(C)C)cc1. The first-order valence-corrected chi connectivity index (χ1v) is 6.58. The summed E-state index contributed by atoms with van der Waals surface area (Å²) in [5.41, 5.74) is 2.48. The van der Waals surface area contributed by atoms with E-state index < -0.39 is 0 Å². The smallest absolute Gasteiger partial charge is 0.313 e. The van der Waals surface area contributed by atoms with E-state index in [4.69, 9.17) is 4.74 Å². The summed E-state index contributed by atoms with van der Waals surface area (Å²) in [4.78, 5) is 11.8. The first-order chi connectivity index (χ1) is 8.40. The van der Waals surface area contributed by atoms with Crippen molar-refractivity contribution < 1.29 is 9.53 Å². The molecule has 0 saturated carbocycles. The van der Waals surface area contributed by atoms with Crippen molar-refractivity contribution in [1.29, 1.82) is 0 Å². The van der Waals surface area contributed by atoms with E-state index in [1.807, 2.05) is 0 Å². The molecule has 1 atom stereocenters. The predicted octanol–water partition coefficient (Wildman–Crippen LogP) is 4.04. The highest BCUT2D eigenvalue weighted by atomic mass is 16.5. The highest BCUT2D eigenvalue weighted by Gasteiger charge is 2.21. The maximum atomic E-state index is 11.8. The van der Waals surface area contributed by atoms with Gasteiger partial charge in [-0.2, -0.15) is 0 Å². The maximum Gasteiger partial charge on any atom is 0.313 e. The van der Waals surface area contributed by atoms with E-state index in [0.29, 0.717) is 0 Å². The predicted molar refractivity (Wildman–Crippen MR) is 74.8 cm³/mol. The summed E-state index contributed by atoms with van der Waals surface area (Å²) in [6.07, 6.45) is 1.81. The van der Waals surface area contributed by atoms with Crippen LogP contribution < -0.4 is 0 Å². The Morgan fingerprint density at radius 3 is 2.17 bits per heavy atom. The second-order valence-electron chi connectivity index (χ2n) is 5.74. The van der Waals surface area contributed by atoms with Gasteiger partial charge in [0.1, 0.15) is 0 Å². The summed E-state index contributed by atoms with van der Waals surface area (Å²) in [6.45, 7) is 8.64. The van der Waals surface area contributed by atoms with Gasteiger partial charge in [0.15, 0.2) is 0 Å². The van der Waals surface area contributed by atoms with Crippen LogP contribution in [0.15, 0.2) is 24.3 Å². The van der Waals surface area contributed by atoms with Crippen LogP contribution in [0.5, 0.6) is 0 Å². The molecule has 0 radical (unpaired) electrons. The molecule has 0 amide bonds. The lowest BCUT2D eigenvalue weighted by Gasteiger charge is -2.20. The first kappa shape index (κ1) is 14.7. The molecule has 0 bridgehead atoms. The molecular weight excluding hydrogens is 224 g/mol. The number of carbonyl (C=O) groups excluding carboxylic acids is 1. The zero-order valence-electron chi connectivity index (χ0n) is 12.1. The molecule has 0 spiro atoms. The molecule has 100 valence electrons. The fourth-order valence-corrected chi connectivity index (χ4v) is 2.07. The lowest BCUT2D eigenvalue weighted by atomic mass is 9.85. The number of methoxy groups -OCH3 is 1. The summed E-state index contributed by atoms with van der Waals surface area (Å²) < 4.78 is 4.88. The standard InChI is InChI=1S/C16H24O2/c1-6-7-14(15(17)18-5)12-8-10-13(11-9-12)16(2,3)4/h8-11,14H,6-7H2,1-5H3/t14-/m0/s1. The normalized spacial score (nSPS) is 13.2. The maximum absolute atomic E-state index is 11.8. The molecule has 1 aromatic rings. The molecule has 2 heteroatoms. The summed E-state index contributed by atoms with van der Waals surface area (Å²) in [5, 5.41) is 0. The third kappa shape index (κ3) is 3.59. The van der Waals surface area contributed by atoms with Crippen molar-refractivity contribution in [1.82, 2.24) is 0 Å². The van der Waals surface area contributed by atoms with E-state index in [9.17, 15) is 4.79 Å². The van der Waals surface area contributed by atoms with Gasteiger partial charge in [-0.1, -0.05) is 58.4 Å². The van der Waals surface area contributed by atoms with Gasteiger partial charge in [0.2, 0.25) is 0 Å². The van der Waals surface area contributed by atoms with Crippen molar-refractivity contribution in [3.63, 3.8) is 0 Å². The average Bonchev–Trinajstić information content (AvgIpc) is 2.34.